The van der Waals surface area contributed by atoms with E-state index in [0.717, 1.165) is 0 Å². The van der Waals surface area contributed by atoms with Crippen LogP contribution in [0.5, 0.6) is 0 Å². The van der Waals surface area contributed by atoms with Crippen molar-refractivity contribution >= 4 is 5.91 Å². The normalized spacial score (nSPS) is 10.6. The van der Waals surface area contributed by atoms with Gasteiger partial charge in [-0.3, -0.25) is 9.59 Å². The maximum atomic E-state index is 13.3. The van der Waals surface area contributed by atoms with Gasteiger partial charge in [-0.2, -0.15) is 5.10 Å². The lowest BCUT2D eigenvalue weighted by atomic mass is 10.2. The van der Waals surface area contributed by atoms with Gasteiger partial charge < -0.3 is 9.64 Å². The number of hydrogen-bond acceptors (Lipinski definition) is 4. The van der Waals surface area contributed by atoms with Crippen molar-refractivity contribution in [2.75, 3.05) is 20.3 Å². The Kier molecular flexibility index (Phi) is 6.20. The van der Waals surface area contributed by atoms with Crippen LogP contribution >= 0.6 is 0 Å². The molecule has 1 amide bonds. The van der Waals surface area contributed by atoms with Gasteiger partial charge in [-0.25, -0.2) is 9.07 Å². The molecule has 1 aromatic heterocycles. The number of hydrogen-bond donors (Lipinski definition) is 0. The highest BCUT2D eigenvalue weighted by molar-refractivity contribution is 5.92. The van der Waals surface area contributed by atoms with E-state index in [1.165, 1.54) is 36.1 Å². The van der Waals surface area contributed by atoms with Crippen molar-refractivity contribution in [3.8, 4) is 0 Å². The summed E-state index contributed by atoms with van der Waals surface area (Å²) in [5, 5.41) is 4.10. The van der Waals surface area contributed by atoms with Crippen molar-refractivity contribution in [2.45, 2.75) is 20.0 Å². The number of benzene rings is 1. The quantitative estimate of drug-likeness (QED) is 0.773. The van der Waals surface area contributed by atoms with E-state index in [1.807, 2.05) is 6.92 Å². The maximum absolute atomic E-state index is 13.3. The smallest absolute Gasteiger partial charge is 0.274 e. The number of aromatic nitrogens is 2. The minimum Gasteiger partial charge on any atom is -0.383 e. The van der Waals surface area contributed by atoms with Gasteiger partial charge in [0.05, 0.1) is 13.2 Å². The standard InChI is InChI=1S/C17H20FN3O3/c1-3-20(12-13-5-4-6-14(18)11-13)17(23)15-7-8-16(22)21(19-15)9-10-24-2/h4-8,11H,3,9-10,12H2,1-2H3. The van der Waals surface area contributed by atoms with Gasteiger partial charge >= 0.3 is 0 Å². The highest BCUT2D eigenvalue weighted by Crippen LogP contribution is 2.09. The van der Waals surface area contributed by atoms with Gasteiger partial charge in [-0.1, -0.05) is 12.1 Å². The summed E-state index contributed by atoms with van der Waals surface area (Å²) in [7, 11) is 1.53. The predicted molar refractivity (Wildman–Crippen MR) is 87.2 cm³/mol. The van der Waals surface area contributed by atoms with E-state index in [0.29, 0.717) is 18.7 Å². The number of rotatable bonds is 7. The van der Waals surface area contributed by atoms with Crippen molar-refractivity contribution in [2.24, 2.45) is 0 Å². The van der Waals surface area contributed by atoms with E-state index < -0.39 is 0 Å². The van der Waals surface area contributed by atoms with Crippen LogP contribution < -0.4 is 5.56 Å². The van der Waals surface area contributed by atoms with E-state index in [9.17, 15) is 14.0 Å². The molecular weight excluding hydrogens is 313 g/mol. The van der Waals surface area contributed by atoms with E-state index in [4.69, 9.17) is 4.74 Å². The number of carbonyl (C=O) groups is 1. The van der Waals surface area contributed by atoms with Crippen LogP contribution in [0.2, 0.25) is 0 Å². The van der Waals surface area contributed by atoms with E-state index >= 15 is 0 Å². The summed E-state index contributed by atoms with van der Waals surface area (Å²) in [6, 6.07) is 8.82. The zero-order valence-electron chi connectivity index (χ0n) is 13.7. The van der Waals surface area contributed by atoms with Crippen molar-refractivity contribution < 1.29 is 13.9 Å². The fourth-order valence-corrected chi connectivity index (χ4v) is 2.25. The molecule has 0 aliphatic carbocycles. The Morgan fingerprint density at radius 3 is 2.79 bits per heavy atom. The Morgan fingerprint density at radius 1 is 1.33 bits per heavy atom. The largest absolute Gasteiger partial charge is 0.383 e. The molecule has 0 aliphatic heterocycles. The summed E-state index contributed by atoms with van der Waals surface area (Å²) in [6.07, 6.45) is 0. The van der Waals surface area contributed by atoms with Gasteiger partial charge in [0.25, 0.3) is 11.5 Å². The van der Waals surface area contributed by atoms with Crippen LogP contribution in [-0.2, 0) is 17.8 Å². The fourth-order valence-electron chi connectivity index (χ4n) is 2.25. The van der Waals surface area contributed by atoms with Gasteiger partial charge in [-0.05, 0) is 30.7 Å². The summed E-state index contributed by atoms with van der Waals surface area (Å²) in [5.41, 5.74) is 0.568. The van der Waals surface area contributed by atoms with Gasteiger partial charge in [-0.15, -0.1) is 0 Å². The fraction of sp³-hybridized carbons (Fsp3) is 0.353. The molecule has 0 fully saturated rings. The van der Waals surface area contributed by atoms with Crippen LogP contribution in [0.25, 0.3) is 0 Å². The number of methoxy groups -OCH3 is 1. The maximum Gasteiger partial charge on any atom is 0.274 e. The monoisotopic (exact) mass is 333 g/mol. The molecule has 0 aliphatic rings. The highest BCUT2D eigenvalue weighted by atomic mass is 19.1. The average molecular weight is 333 g/mol. The molecule has 0 bridgehead atoms. The molecule has 0 atom stereocenters. The van der Waals surface area contributed by atoms with Gasteiger partial charge in [0.15, 0.2) is 0 Å². The number of amides is 1. The molecule has 24 heavy (non-hydrogen) atoms. The third-order valence-electron chi connectivity index (χ3n) is 3.52. The van der Waals surface area contributed by atoms with Crippen LogP contribution in [0.3, 0.4) is 0 Å². The van der Waals surface area contributed by atoms with Crippen molar-refractivity contribution in [1.82, 2.24) is 14.7 Å². The Bertz CT molecular complexity index is 761. The molecule has 128 valence electrons. The molecule has 7 heteroatoms. The number of ether oxygens (including phenoxy) is 1. The Morgan fingerprint density at radius 2 is 2.12 bits per heavy atom. The minimum absolute atomic E-state index is 0.170. The summed E-state index contributed by atoms with van der Waals surface area (Å²) < 4.78 is 19.4. The molecule has 6 nitrogen and oxygen atoms in total. The molecule has 0 spiro atoms. The van der Waals surface area contributed by atoms with Gasteiger partial charge in [0, 0.05) is 26.3 Å². The number of halogens is 1. The lowest BCUT2D eigenvalue weighted by Gasteiger charge is -2.21. The highest BCUT2D eigenvalue weighted by Gasteiger charge is 2.17. The van der Waals surface area contributed by atoms with Crippen LogP contribution in [0.4, 0.5) is 4.39 Å². The van der Waals surface area contributed by atoms with Crippen LogP contribution in [-0.4, -0.2) is 40.8 Å². The van der Waals surface area contributed by atoms with Crippen LogP contribution in [0.1, 0.15) is 23.0 Å². The first-order chi connectivity index (χ1) is 11.5. The van der Waals surface area contributed by atoms with Gasteiger partial charge in [0.1, 0.15) is 11.5 Å². The predicted octanol–water partition coefficient (Wildman–Crippen LogP) is 1.69. The number of nitrogens with zero attached hydrogens (tertiary/aromatic N) is 3. The third-order valence-corrected chi connectivity index (χ3v) is 3.52. The number of carbonyl (C=O) groups excluding carboxylic acids is 1. The van der Waals surface area contributed by atoms with Crippen molar-refractivity contribution in [3.05, 3.63) is 63.8 Å². The van der Waals surface area contributed by atoms with E-state index in [1.54, 1.807) is 17.0 Å². The summed E-state index contributed by atoms with van der Waals surface area (Å²) in [6.45, 7) is 3.14. The van der Waals surface area contributed by atoms with E-state index in [2.05, 4.69) is 5.10 Å². The first-order valence-corrected chi connectivity index (χ1v) is 7.66. The van der Waals surface area contributed by atoms with Crippen LogP contribution in [0, 0.1) is 5.82 Å². The summed E-state index contributed by atoms with van der Waals surface area (Å²) >= 11 is 0. The molecule has 1 heterocycles. The molecule has 0 N–H and O–H groups in total. The SMILES string of the molecule is CCN(Cc1cccc(F)c1)C(=O)c1ccc(=O)n(CCOC)n1. The Hall–Kier alpha value is -2.54. The Balaban J connectivity index is 2.20. The average Bonchev–Trinajstić information content (AvgIpc) is 2.58. The molecule has 2 rings (SSSR count). The zero-order chi connectivity index (χ0) is 17.5. The van der Waals surface area contributed by atoms with Gasteiger partial charge in [0.2, 0.25) is 0 Å². The topological polar surface area (TPSA) is 64.4 Å². The molecular formula is C17H20FN3O3. The third kappa shape index (κ3) is 4.48. The lowest BCUT2D eigenvalue weighted by Crippen LogP contribution is -2.34. The summed E-state index contributed by atoms with van der Waals surface area (Å²) in [4.78, 5) is 25.9. The second-order valence-electron chi connectivity index (χ2n) is 5.22. The minimum atomic E-state index is -0.345. The first-order valence-electron chi connectivity index (χ1n) is 7.66. The molecule has 1 aromatic carbocycles. The molecule has 0 saturated heterocycles. The lowest BCUT2D eigenvalue weighted by molar-refractivity contribution is 0.0742. The van der Waals surface area contributed by atoms with Crippen LogP contribution in [0.15, 0.2) is 41.2 Å². The summed E-state index contributed by atoms with van der Waals surface area (Å²) in [5.74, 6) is -0.657. The second-order valence-corrected chi connectivity index (χ2v) is 5.22. The molecule has 0 radical (unpaired) electrons. The zero-order valence-corrected chi connectivity index (χ0v) is 13.7. The van der Waals surface area contributed by atoms with E-state index in [-0.39, 0.29) is 36.1 Å². The second kappa shape index (κ2) is 8.35. The first kappa shape index (κ1) is 17.8. The molecule has 2 aromatic rings. The molecule has 0 saturated carbocycles. The molecule has 0 unspecified atom stereocenters. The van der Waals surface area contributed by atoms with Crippen molar-refractivity contribution in [3.63, 3.8) is 0 Å². The van der Waals surface area contributed by atoms with Crippen molar-refractivity contribution in [1.29, 1.82) is 0 Å². The Labute approximate surface area is 139 Å².